The number of benzene rings is 1. The third-order valence-electron chi connectivity index (χ3n) is 3.37. The van der Waals surface area contributed by atoms with E-state index in [1.807, 2.05) is 13.8 Å². The Balaban J connectivity index is 2.18. The lowest BCUT2D eigenvalue weighted by molar-refractivity contribution is -0.0586. The van der Waals surface area contributed by atoms with E-state index in [9.17, 15) is 22.0 Å². The van der Waals surface area contributed by atoms with E-state index in [-0.39, 0.29) is 23.7 Å². The number of hydrogen-bond acceptors (Lipinski definition) is 4. The van der Waals surface area contributed by atoms with Crippen LogP contribution in [-0.4, -0.2) is 50.3 Å². The van der Waals surface area contributed by atoms with Gasteiger partial charge in [0.1, 0.15) is 0 Å². The van der Waals surface area contributed by atoms with Gasteiger partial charge in [0.15, 0.2) is 0 Å². The maximum atomic E-state index is 12.5. The standard InChI is InChI=1S/C14H17F2NO4S/c1-9-7-17(8-10(2)21-9)13(18)11-3-5-12(6-4-11)22(19,20)14(15)16/h3-6,9-10,14H,7-8H2,1-2H3/t9-,10-/m1/s1. The van der Waals surface area contributed by atoms with Crippen molar-refractivity contribution in [3.8, 4) is 0 Å². The molecule has 0 aliphatic carbocycles. The number of ether oxygens (including phenoxy) is 1. The predicted octanol–water partition coefficient (Wildman–Crippen LogP) is 1.93. The normalized spacial score (nSPS) is 22.9. The molecule has 0 radical (unpaired) electrons. The summed E-state index contributed by atoms with van der Waals surface area (Å²) in [5.74, 6) is -3.75. The summed E-state index contributed by atoms with van der Waals surface area (Å²) in [4.78, 5) is 13.5. The largest absolute Gasteiger partial charge is 0.372 e. The van der Waals surface area contributed by atoms with E-state index in [4.69, 9.17) is 4.74 Å². The minimum Gasteiger partial charge on any atom is -0.372 e. The Kier molecular flexibility index (Phi) is 4.81. The molecule has 22 heavy (non-hydrogen) atoms. The van der Waals surface area contributed by atoms with Crippen LogP contribution in [-0.2, 0) is 14.6 Å². The lowest BCUT2D eigenvalue weighted by Crippen LogP contribution is -2.48. The van der Waals surface area contributed by atoms with Crippen molar-refractivity contribution >= 4 is 15.7 Å². The highest BCUT2D eigenvalue weighted by molar-refractivity contribution is 7.91. The van der Waals surface area contributed by atoms with Gasteiger partial charge in [-0.15, -0.1) is 0 Å². The van der Waals surface area contributed by atoms with Gasteiger partial charge in [-0.25, -0.2) is 8.42 Å². The Hall–Kier alpha value is -1.54. The molecule has 1 heterocycles. The van der Waals surface area contributed by atoms with Crippen LogP contribution in [0.1, 0.15) is 24.2 Å². The number of alkyl halides is 2. The molecule has 1 aromatic carbocycles. The molecule has 1 fully saturated rings. The van der Waals surface area contributed by atoms with E-state index in [0.29, 0.717) is 13.1 Å². The fraction of sp³-hybridized carbons (Fsp3) is 0.500. The summed E-state index contributed by atoms with van der Waals surface area (Å²) in [6.07, 6.45) is -0.183. The Bertz CT molecular complexity index is 635. The van der Waals surface area contributed by atoms with Crippen LogP contribution < -0.4 is 0 Å². The summed E-state index contributed by atoms with van der Waals surface area (Å²) >= 11 is 0. The second kappa shape index (κ2) is 6.29. The molecule has 0 bridgehead atoms. The highest BCUT2D eigenvalue weighted by Gasteiger charge is 2.28. The highest BCUT2D eigenvalue weighted by atomic mass is 32.2. The Labute approximate surface area is 127 Å². The molecule has 1 aliphatic rings. The van der Waals surface area contributed by atoms with Crippen molar-refractivity contribution in [1.82, 2.24) is 4.90 Å². The van der Waals surface area contributed by atoms with E-state index in [2.05, 4.69) is 0 Å². The molecule has 122 valence electrons. The molecule has 5 nitrogen and oxygen atoms in total. The van der Waals surface area contributed by atoms with Gasteiger partial charge in [-0.1, -0.05) is 0 Å². The van der Waals surface area contributed by atoms with Gasteiger partial charge in [0.05, 0.1) is 17.1 Å². The maximum absolute atomic E-state index is 12.5. The van der Waals surface area contributed by atoms with Crippen molar-refractivity contribution < 1.29 is 26.7 Å². The first-order chi connectivity index (χ1) is 10.2. The third-order valence-corrected chi connectivity index (χ3v) is 4.77. The molecule has 0 spiro atoms. The van der Waals surface area contributed by atoms with Crippen molar-refractivity contribution in [2.45, 2.75) is 36.7 Å². The average Bonchev–Trinajstić information content (AvgIpc) is 2.45. The summed E-state index contributed by atoms with van der Waals surface area (Å²) in [5.41, 5.74) is 0.259. The molecule has 0 aromatic heterocycles. The zero-order valence-corrected chi connectivity index (χ0v) is 13.0. The van der Waals surface area contributed by atoms with Crippen molar-refractivity contribution in [1.29, 1.82) is 0 Å². The number of carbonyl (C=O) groups excluding carboxylic acids is 1. The monoisotopic (exact) mass is 333 g/mol. The van der Waals surface area contributed by atoms with E-state index < -0.39 is 20.5 Å². The molecular formula is C14H17F2NO4S. The second-order valence-electron chi connectivity index (χ2n) is 5.30. The zero-order valence-electron chi connectivity index (χ0n) is 12.2. The van der Waals surface area contributed by atoms with Crippen LogP contribution in [0.2, 0.25) is 0 Å². The SMILES string of the molecule is C[C@@H]1CN(C(=O)c2ccc(S(=O)(=O)C(F)F)cc2)C[C@@H](C)O1. The Morgan fingerprint density at radius 1 is 1.18 bits per heavy atom. The average molecular weight is 333 g/mol. The summed E-state index contributed by atoms with van der Waals surface area (Å²) in [6.45, 7) is 4.57. The fourth-order valence-electron chi connectivity index (χ4n) is 2.42. The van der Waals surface area contributed by atoms with Gasteiger partial charge < -0.3 is 9.64 Å². The topological polar surface area (TPSA) is 63.7 Å². The number of rotatable bonds is 3. The molecule has 0 saturated carbocycles. The van der Waals surface area contributed by atoms with Crippen LogP contribution in [0.15, 0.2) is 29.2 Å². The van der Waals surface area contributed by atoms with Crippen LogP contribution in [0.5, 0.6) is 0 Å². The fourth-order valence-corrected chi connectivity index (χ4v) is 3.14. The second-order valence-corrected chi connectivity index (χ2v) is 7.22. The molecule has 2 atom stereocenters. The first kappa shape index (κ1) is 16.8. The number of nitrogens with zero attached hydrogens (tertiary/aromatic N) is 1. The van der Waals surface area contributed by atoms with Gasteiger partial charge in [-0.05, 0) is 38.1 Å². The van der Waals surface area contributed by atoms with E-state index in [1.165, 1.54) is 12.1 Å². The van der Waals surface area contributed by atoms with Gasteiger partial charge >= 0.3 is 5.76 Å². The van der Waals surface area contributed by atoms with E-state index in [1.54, 1.807) is 4.90 Å². The Morgan fingerprint density at radius 2 is 1.68 bits per heavy atom. The summed E-state index contributed by atoms with van der Waals surface area (Å²) in [6, 6.07) is 4.56. The van der Waals surface area contributed by atoms with Crippen molar-refractivity contribution in [2.75, 3.05) is 13.1 Å². The van der Waals surface area contributed by atoms with Crippen LogP contribution >= 0.6 is 0 Å². The molecular weight excluding hydrogens is 316 g/mol. The quantitative estimate of drug-likeness (QED) is 0.848. The van der Waals surface area contributed by atoms with Gasteiger partial charge in [0, 0.05) is 18.7 Å². The van der Waals surface area contributed by atoms with Crippen molar-refractivity contribution in [3.05, 3.63) is 29.8 Å². The van der Waals surface area contributed by atoms with E-state index in [0.717, 1.165) is 12.1 Å². The van der Waals surface area contributed by atoms with Crippen LogP contribution in [0, 0.1) is 0 Å². The van der Waals surface area contributed by atoms with Crippen molar-refractivity contribution in [2.24, 2.45) is 0 Å². The lowest BCUT2D eigenvalue weighted by atomic mass is 10.1. The number of carbonyl (C=O) groups is 1. The number of sulfone groups is 1. The van der Waals surface area contributed by atoms with Gasteiger partial charge in [0.2, 0.25) is 9.84 Å². The first-order valence-electron chi connectivity index (χ1n) is 6.78. The lowest BCUT2D eigenvalue weighted by Gasteiger charge is -2.35. The zero-order chi connectivity index (χ0) is 16.5. The van der Waals surface area contributed by atoms with Crippen LogP contribution in [0.25, 0.3) is 0 Å². The molecule has 1 saturated heterocycles. The number of amides is 1. The molecule has 1 aromatic rings. The molecule has 8 heteroatoms. The number of halogens is 2. The molecule has 1 aliphatic heterocycles. The Morgan fingerprint density at radius 3 is 2.14 bits per heavy atom. The van der Waals surface area contributed by atoms with E-state index >= 15 is 0 Å². The number of morpholine rings is 1. The van der Waals surface area contributed by atoms with Crippen LogP contribution in [0.4, 0.5) is 8.78 Å². The molecule has 0 unspecified atom stereocenters. The minimum atomic E-state index is -4.64. The van der Waals surface area contributed by atoms with Gasteiger partial charge in [-0.3, -0.25) is 4.79 Å². The molecule has 2 rings (SSSR count). The summed E-state index contributed by atoms with van der Waals surface area (Å²) in [7, 11) is -4.64. The summed E-state index contributed by atoms with van der Waals surface area (Å²) in [5, 5.41) is 0. The minimum absolute atomic E-state index is 0.0915. The molecule has 0 N–H and O–H groups in total. The number of hydrogen-bond donors (Lipinski definition) is 0. The molecule has 1 amide bonds. The first-order valence-corrected chi connectivity index (χ1v) is 8.33. The highest BCUT2D eigenvalue weighted by Crippen LogP contribution is 2.20. The van der Waals surface area contributed by atoms with Crippen LogP contribution in [0.3, 0.4) is 0 Å². The summed E-state index contributed by atoms with van der Waals surface area (Å²) < 4.78 is 53.1. The predicted molar refractivity (Wildman–Crippen MR) is 75.5 cm³/mol. The van der Waals surface area contributed by atoms with Gasteiger partial charge in [-0.2, -0.15) is 8.78 Å². The third kappa shape index (κ3) is 3.44. The maximum Gasteiger partial charge on any atom is 0.341 e. The van der Waals surface area contributed by atoms with Gasteiger partial charge in [0.25, 0.3) is 5.91 Å². The van der Waals surface area contributed by atoms with Crippen molar-refractivity contribution in [3.63, 3.8) is 0 Å². The smallest absolute Gasteiger partial charge is 0.341 e.